The van der Waals surface area contributed by atoms with E-state index in [2.05, 4.69) is 5.32 Å². The molecule has 3 N–H and O–H groups in total. The van der Waals surface area contributed by atoms with Crippen molar-refractivity contribution in [1.29, 1.82) is 0 Å². The van der Waals surface area contributed by atoms with Gasteiger partial charge in [-0.15, -0.1) is 0 Å². The van der Waals surface area contributed by atoms with Gasteiger partial charge in [0.25, 0.3) is 5.91 Å². The summed E-state index contributed by atoms with van der Waals surface area (Å²) in [7, 11) is 0. The molecule has 8 heteroatoms. The molecule has 0 aliphatic carbocycles. The molecule has 2 aromatic carbocycles. The summed E-state index contributed by atoms with van der Waals surface area (Å²) in [5.74, 6) is -3.13. The zero-order valence-electron chi connectivity index (χ0n) is 13.1. The number of aryl methyl sites for hydroxylation is 1. The third-order valence-electron chi connectivity index (χ3n) is 3.23. The zero-order chi connectivity index (χ0) is 18.6. The molecule has 0 radical (unpaired) electrons. The van der Waals surface area contributed by atoms with Gasteiger partial charge < -0.3 is 20.3 Å². The second-order valence-corrected chi connectivity index (χ2v) is 5.56. The van der Waals surface area contributed by atoms with Crippen molar-refractivity contribution in [2.45, 2.75) is 6.92 Å². The Morgan fingerprint density at radius 3 is 2.16 bits per heavy atom. The van der Waals surface area contributed by atoms with Crippen molar-refractivity contribution in [2.75, 3.05) is 11.9 Å². The van der Waals surface area contributed by atoms with E-state index in [4.69, 9.17) is 26.6 Å². The van der Waals surface area contributed by atoms with E-state index in [1.165, 1.54) is 0 Å². The van der Waals surface area contributed by atoms with Crippen LogP contribution in [0.25, 0.3) is 0 Å². The number of ether oxygens (including phenoxy) is 1. The Hall–Kier alpha value is -3.06. The van der Waals surface area contributed by atoms with Gasteiger partial charge in [-0.2, -0.15) is 0 Å². The average Bonchev–Trinajstić information content (AvgIpc) is 2.56. The first-order valence-electron chi connectivity index (χ1n) is 7.07. The monoisotopic (exact) mass is 363 g/mol. The number of carboxylic acids is 2. The van der Waals surface area contributed by atoms with E-state index in [0.717, 1.165) is 23.8 Å². The number of amides is 1. The summed E-state index contributed by atoms with van der Waals surface area (Å²) in [5.41, 5.74) is 0.846. The molecule has 2 aromatic rings. The van der Waals surface area contributed by atoms with Crippen LogP contribution < -0.4 is 10.1 Å². The van der Waals surface area contributed by atoms with E-state index in [0.29, 0.717) is 10.7 Å². The molecule has 25 heavy (non-hydrogen) atoms. The summed E-state index contributed by atoms with van der Waals surface area (Å²) in [4.78, 5) is 34.0. The lowest BCUT2D eigenvalue weighted by molar-refractivity contribution is -0.118. The van der Waals surface area contributed by atoms with Gasteiger partial charge in [0.05, 0.1) is 11.1 Å². The lowest BCUT2D eigenvalue weighted by Crippen LogP contribution is -2.20. The summed E-state index contributed by atoms with van der Waals surface area (Å²) >= 11 is 5.97. The third-order valence-corrected chi connectivity index (χ3v) is 3.63. The molecule has 0 spiro atoms. The molecule has 0 heterocycles. The summed E-state index contributed by atoms with van der Waals surface area (Å²) in [6, 6.07) is 8.30. The number of benzene rings is 2. The van der Waals surface area contributed by atoms with E-state index in [9.17, 15) is 14.4 Å². The molecule has 7 nitrogen and oxygen atoms in total. The first-order chi connectivity index (χ1) is 11.8. The number of anilines is 1. The van der Waals surface area contributed by atoms with Gasteiger partial charge in [0.15, 0.2) is 6.61 Å². The number of carboxylic acid groups (broad SMARTS) is 2. The highest BCUT2D eigenvalue weighted by Gasteiger charge is 2.13. The first-order valence-corrected chi connectivity index (χ1v) is 7.44. The number of carbonyl (C=O) groups excluding carboxylic acids is 1. The van der Waals surface area contributed by atoms with Crippen molar-refractivity contribution < 1.29 is 29.3 Å². The predicted molar refractivity (Wildman–Crippen MR) is 90.7 cm³/mol. The number of nitrogens with one attached hydrogen (secondary N) is 1. The van der Waals surface area contributed by atoms with Crippen LogP contribution in [0.15, 0.2) is 36.4 Å². The van der Waals surface area contributed by atoms with E-state index in [1.807, 2.05) is 6.92 Å². The predicted octanol–water partition coefficient (Wildman–Crippen LogP) is 3.06. The molecule has 0 aliphatic rings. The van der Waals surface area contributed by atoms with Gasteiger partial charge >= 0.3 is 11.9 Å². The molecule has 0 aromatic heterocycles. The fraction of sp³-hybridized carbons (Fsp3) is 0.118. The maximum atomic E-state index is 11.9. The largest absolute Gasteiger partial charge is 0.484 e. The van der Waals surface area contributed by atoms with Gasteiger partial charge in [0.1, 0.15) is 5.75 Å². The SMILES string of the molecule is Cc1ccc(NC(=O)COc2cc(C(=O)O)cc(C(=O)O)c2)cc1Cl. The second kappa shape index (κ2) is 7.67. The minimum atomic E-state index is -1.30. The molecule has 1 amide bonds. The van der Waals surface area contributed by atoms with E-state index < -0.39 is 24.5 Å². The summed E-state index contributed by atoms with van der Waals surface area (Å²) in [6.45, 7) is 1.40. The number of rotatable bonds is 6. The average molecular weight is 364 g/mol. The third kappa shape index (κ3) is 4.95. The Bertz CT molecular complexity index is 817. The van der Waals surface area contributed by atoms with Crippen molar-refractivity contribution in [3.8, 4) is 5.75 Å². The first kappa shape index (κ1) is 18.3. The van der Waals surface area contributed by atoms with Gasteiger partial charge in [-0.05, 0) is 42.8 Å². The number of halogens is 1. The van der Waals surface area contributed by atoms with Crippen LogP contribution in [-0.2, 0) is 4.79 Å². The molecular weight excluding hydrogens is 350 g/mol. The summed E-state index contributed by atoms with van der Waals surface area (Å²) < 4.78 is 5.20. The van der Waals surface area contributed by atoms with Crippen LogP contribution >= 0.6 is 11.6 Å². The Balaban J connectivity index is 2.07. The van der Waals surface area contributed by atoms with Crippen molar-refractivity contribution in [1.82, 2.24) is 0 Å². The fourth-order valence-electron chi connectivity index (χ4n) is 1.95. The molecule has 130 valence electrons. The van der Waals surface area contributed by atoms with Crippen LogP contribution in [0.5, 0.6) is 5.75 Å². The number of hydrogen-bond acceptors (Lipinski definition) is 4. The molecule has 0 aliphatic heterocycles. The van der Waals surface area contributed by atoms with Crippen LogP contribution in [-0.4, -0.2) is 34.7 Å². The number of aromatic carboxylic acids is 2. The number of hydrogen-bond donors (Lipinski definition) is 3. The van der Waals surface area contributed by atoms with Gasteiger partial charge in [0, 0.05) is 10.7 Å². The summed E-state index contributed by atoms with van der Waals surface area (Å²) in [5, 5.41) is 21.1. The van der Waals surface area contributed by atoms with Crippen LogP contribution in [0, 0.1) is 6.92 Å². The fourth-order valence-corrected chi connectivity index (χ4v) is 2.13. The standard InChI is InChI=1S/C17H14ClNO6/c1-9-2-3-12(7-14(9)18)19-15(20)8-25-13-5-10(16(21)22)4-11(6-13)17(23)24/h2-7H,8H2,1H3,(H,19,20)(H,21,22)(H,23,24). The normalized spacial score (nSPS) is 10.2. The molecular formula is C17H14ClNO6. The lowest BCUT2D eigenvalue weighted by Gasteiger charge is -2.10. The molecule has 0 bridgehead atoms. The van der Waals surface area contributed by atoms with Crippen molar-refractivity contribution in [2.24, 2.45) is 0 Å². The quantitative estimate of drug-likeness (QED) is 0.727. The molecule has 0 fully saturated rings. The minimum Gasteiger partial charge on any atom is -0.484 e. The van der Waals surface area contributed by atoms with Crippen LogP contribution in [0.2, 0.25) is 5.02 Å². The Morgan fingerprint density at radius 2 is 1.64 bits per heavy atom. The second-order valence-electron chi connectivity index (χ2n) is 5.16. The maximum absolute atomic E-state index is 11.9. The molecule has 0 saturated carbocycles. The smallest absolute Gasteiger partial charge is 0.335 e. The lowest BCUT2D eigenvalue weighted by atomic mass is 10.1. The number of carbonyl (C=O) groups is 3. The maximum Gasteiger partial charge on any atom is 0.335 e. The Kier molecular flexibility index (Phi) is 5.61. The van der Waals surface area contributed by atoms with Gasteiger partial charge in [0.2, 0.25) is 0 Å². The zero-order valence-corrected chi connectivity index (χ0v) is 13.8. The highest BCUT2D eigenvalue weighted by Crippen LogP contribution is 2.20. The van der Waals surface area contributed by atoms with Crippen molar-refractivity contribution >= 4 is 35.1 Å². The minimum absolute atomic E-state index is 0.0330. The Morgan fingerprint density at radius 1 is 1.04 bits per heavy atom. The molecule has 0 unspecified atom stereocenters. The highest BCUT2D eigenvalue weighted by atomic mass is 35.5. The summed E-state index contributed by atoms with van der Waals surface area (Å²) in [6.07, 6.45) is 0. The van der Waals surface area contributed by atoms with Crippen LogP contribution in [0.1, 0.15) is 26.3 Å². The molecule has 0 atom stereocenters. The molecule has 2 rings (SSSR count). The molecule has 0 saturated heterocycles. The van der Waals surface area contributed by atoms with Crippen LogP contribution in [0.4, 0.5) is 5.69 Å². The van der Waals surface area contributed by atoms with Gasteiger partial charge in [-0.25, -0.2) is 9.59 Å². The Labute approximate surface area is 147 Å². The van der Waals surface area contributed by atoms with Crippen molar-refractivity contribution in [3.05, 3.63) is 58.1 Å². The van der Waals surface area contributed by atoms with Crippen molar-refractivity contribution in [3.63, 3.8) is 0 Å². The van der Waals surface area contributed by atoms with Crippen LogP contribution in [0.3, 0.4) is 0 Å². The van der Waals surface area contributed by atoms with Gasteiger partial charge in [-0.3, -0.25) is 4.79 Å². The van der Waals surface area contributed by atoms with E-state index in [-0.39, 0.29) is 16.9 Å². The van der Waals surface area contributed by atoms with Gasteiger partial charge in [-0.1, -0.05) is 17.7 Å². The highest BCUT2D eigenvalue weighted by molar-refractivity contribution is 6.31. The van der Waals surface area contributed by atoms with E-state index in [1.54, 1.807) is 18.2 Å². The van der Waals surface area contributed by atoms with E-state index >= 15 is 0 Å². The topological polar surface area (TPSA) is 113 Å².